The molecule has 0 bridgehead atoms. The summed E-state index contributed by atoms with van der Waals surface area (Å²) in [6.07, 6.45) is -4.82. The lowest BCUT2D eigenvalue weighted by Gasteiger charge is -2.48. The van der Waals surface area contributed by atoms with E-state index in [1.165, 1.54) is 6.26 Å². The molecule has 15 nitrogen and oxygen atoms in total. The third kappa shape index (κ3) is 11.8. The number of benzene rings is 2. The predicted molar refractivity (Wildman–Crippen MR) is 182 cm³/mol. The fraction of sp³-hybridized carbons (Fsp3) is 0.457. The maximum absolute atomic E-state index is 13.2. The summed E-state index contributed by atoms with van der Waals surface area (Å²) >= 11 is 0.888. The van der Waals surface area contributed by atoms with Crippen molar-refractivity contribution in [2.24, 2.45) is 0 Å². The number of amides is 2. The molecule has 2 aromatic carbocycles. The maximum atomic E-state index is 13.2. The first-order valence-corrected chi connectivity index (χ1v) is 17.1. The second-order valence-electron chi connectivity index (χ2n) is 11.5. The van der Waals surface area contributed by atoms with Crippen LogP contribution in [0.5, 0.6) is 0 Å². The third-order valence-corrected chi connectivity index (χ3v) is 8.75. The molecular formula is C35H42N2O13S. The van der Waals surface area contributed by atoms with Crippen molar-refractivity contribution in [2.75, 3.05) is 26.5 Å². The average molecular weight is 731 g/mol. The molecule has 0 aromatic heterocycles. The van der Waals surface area contributed by atoms with Gasteiger partial charge < -0.3 is 39.1 Å². The van der Waals surface area contributed by atoms with Crippen LogP contribution in [0.3, 0.4) is 0 Å². The molecule has 0 unspecified atom stereocenters. The minimum atomic E-state index is -1.87. The first kappa shape index (κ1) is 40.5. The Kier molecular flexibility index (Phi) is 15.0. The smallest absolute Gasteiger partial charge is 0.348 e. The summed E-state index contributed by atoms with van der Waals surface area (Å²) in [7, 11) is 1.11. The number of hydrogen-bond donors (Lipinski definition) is 2. The lowest BCUT2D eigenvalue weighted by molar-refractivity contribution is -0.220. The molecule has 2 N–H and O–H groups in total. The number of hydrogen-bond acceptors (Lipinski definition) is 14. The minimum Gasteiger partial charge on any atom is -0.466 e. The highest BCUT2D eigenvalue weighted by Crippen LogP contribution is 2.41. The first-order chi connectivity index (χ1) is 24.2. The average Bonchev–Trinajstić information content (AvgIpc) is 3.08. The van der Waals surface area contributed by atoms with E-state index in [0.717, 1.165) is 57.7 Å². The molecule has 1 saturated heterocycles. The molecule has 3 rings (SSSR count). The minimum absolute atomic E-state index is 0.0543. The third-order valence-electron chi connectivity index (χ3n) is 7.66. The monoisotopic (exact) mass is 730 g/mol. The molecule has 1 fully saturated rings. The van der Waals surface area contributed by atoms with Gasteiger partial charge in [0.15, 0.2) is 18.8 Å². The van der Waals surface area contributed by atoms with E-state index >= 15 is 0 Å². The zero-order valence-corrected chi connectivity index (χ0v) is 29.9. The number of thioether (sulfide) groups is 1. The Labute approximate surface area is 299 Å². The molecule has 16 heteroatoms. The molecule has 0 radical (unpaired) electrons. The molecule has 0 saturated carbocycles. The Hall–Kier alpha value is -4.96. The second-order valence-corrected chi connectivity index (χ2v) is 12.6. The van der Waals surface area contributed by atoms with Gasteiger partial charge in [0.05, 0.1) is 26.1 Å². The summed E-state index contributed by atoms with van der Waals surface area (Å²) in [4.78, 5) is 86.0. The Morgan fingerprint density at radius 3 is 2.02 bits per heavy atom. The van der Waals surface area contributed by atoms with Gasteiger partial charge in [0, 0.05) is 34.1 Å². The molecule has 2 aromatic rings. The quantitative estimate of drug-likeness (QED) is 0.199. The highest BCUT2D eigenvalue weighted by molar-refractivity contribution is 8.00. The van der Waals surface area contributed by atoms with Gasteiger partial charge in [0.2, 0.25) is 10.8 Å². The van der Waals surface area contributed by atoms with Gasteiger partial charge in [-0.05, 0) is 22.9 Å². The fourth-order valence-corrected chi connectivity index (χ4v) is 6.30. The molecule has 0 aliphatic carbocycles. The lowest BCUT2D eigenvalue weighted by Crippen LogP contribution is -2.68. The highest BCUT2D eigenvalue weighted by atomic mass is 32.2. The van der Waals surface area contributed by atoms with Crippen LogP contribution in [0.25, 0.3) is 11.1 Å². The number of ether oxygens (including phenoxy) is 6. The van der Waals surface area contributed by atoms with Crippen LogP contribution >= 0.6 is 11.8 Å². The van der Waals surface area contributed by atoms with E-state index in [4.69, 9.17) is 28.4 Å². The molecule has 6 atom stereocenters. The summed E-state index contributed by atoms with van der Waals surface area (Å²) in [6.45, 7) is 3.23. The summed E-state index contributed by atoms with van der Waals surface area (Å²) in [5.41, 5.74) is 2.65. The van der Waals surface area contributed by atoms with Crippen molar-refractivity contribution in [2.45, 2.75) is 75.9 Å². The largest absolute Gasteiger partial charge is 0.466 e. The van der Waals surface area contributed by atoms with Crippen LogP contribution in [0.1, 0.15) is 39.7 Å². The van der Waals surface area contributed by atoms with E-state index in [0.29, 0.717) is 5.56 Å². The van der Waals surface area contributed by atoms with Crippen LogP contribution in [0.2, 0.25) is 0 Å². The van der Waals surface area contributed by atoms with Crippen molar-refractivity contribution in [3.8, 4) is 11.1 Å². The van der Waals surface area contributed by atoms with Crippen LogP contribution < -0.4 is 10.6 Å². The molecule has 276 valence electrons. The maximum Gasteiger partial charge on any atom is 0.348 e. The Balaban J connectivity index is 1.98. The zero-order valence-electron chi connectivity index (χ0n) is 29.1. The molecular weight excluding hydrogens is 688 g/mol. The Morgan fingerprint density at radius 2 is 1.47 bits per heavy atom. The highest BCUT2D eigenvalue weighted by Gasteiger charge is 2.58. The van der Waals surface area contributed by atoms with Crippen molar-refractivity contribution in [1.82, 2.24) is 10.6 Å². The fourth-order valence-electron chi connectivity index (χ4n) is 5.51. The SMILES string of the molecule is COC(=O)[C@@]1(SC)C[C@H](OC(C)=O)[C@@H](NC(=O)COC(C)=O)[C@H]([C@H](OC(C)=O)[C@@H](CNC(=O)Cc2ccc(-c3ccccc3)cc2)OC(C)=O)O1. The molecule has 51 heavy (non-hydrogen) atoms. The van der Waals surface area contributed by atoms with Crippen LogP contribution in [-0.4, -0.2) is 104 Å². The van der Waals surface area contributed by atoms with E-state index in [2.05, 4.69) is 10.6 Å². The molecule has 1 aliphatic rings. The number of rotatable bonds is 15. The molecule has 1 heterocycles. The van der Waals surface area contributed by atoms with Gasteiger partial charge >= 0.3 is 29.8 Å². The topological polar surface area (TPSA) is 199 Å². The van der Waals surface area contributed by atoms with E-state index in [1.807, 2.05) is 42.5 Å². The lowest BCUT2D eigenvalue weighted by atomic mass is 9.89. The van der Waals surface area contributed by atoms with E-state index in [-0.39, 0.29) is 12.8 Å². The van der Waals surface area contributed by atoms with Gasteiger partial charge in [0.1, 0.15) is 12.2 Å². The summed E-state index contributed by atoms with van der Waals surface area (Å²) < 4.78 is 32.8. The van der Waals surface area contributed by atoms with Crippen LogP contribution in [-0.2, 0) is 68.4 Å². The zero-order chi connectivity index (χ0) is 37.7. The molecule has 0 spiro atoms. The molecule has 2 amide bonds. The van der Waals surface area contributed by atoms with E-state index in [1.54, 1.807) is 12.1 Å². The molecule has 1 aliphatic heterocycles. The summed E-state index contributed by atoms with van der Waals surface area (Å²) in [6, 6.07) is 15.7. The van der Waals surface area contributed by atoms with Crippen LogP contribution in [0.15, 0.2) is 54.6 Å². The normalized spacial score (nSPS) is 20.8. The van der Waals surface area contributed by atoms with Crippen molar-refractivity contribution >= 4 is 53.4 Å². The van der Waals surface area contributed by atoms with Gasteiger partial charge in [-0.15, -0.1) is 11.8 Å². The van der Waals surface area contributed by atoms with Crippen LogP contribution in [0, 0.1) is 0 Å². The number of esters is 5. The number of nitrogens with one attached hydrogen (secondary N) is 2. The van der Waals surface area contributed by atoms with Gasteiger partial charge in [-0.25, -0.2) is 4.79 Å². The van der Waals surface area contributed by atoms with Gasteiger partial charge in [-0.2, -0.15) is 0 Å². The second kappa shape index (κ2) is 18.9. The van der Waals surface area contributed by atoms with Crippen LogP contribution in [0.4, 0.5) is 0 Å². The Bertz CT molecular complexity index is 1570. The van der Waals surface area contributed by atoms with Gasteiger partial charge in [0.25, 0.3) is 5.91 Å². The van der Waals surface area contributed by atoms with Crippen molar-refractivity contribution < 1.29 is 62.0 Å². The predicted octanol–water partition coefficient (Wildman–Crippen LogP) is 1.88. The van der Waals surface area contributed by atoms with E-state index in [9.17, 15) is 33.6 Å². The summed E-state index contributed by atoms with van der Waals surface area (Å²) in [5, 5.41) is 5.26. The Morgan fingerprint density at radius 1 is 0.843 bits per heavy atom. The standard InChI is InChI=1S/C35H42N2O13S/c1-20(38)46-19-30(43)37-31-27(47-21(2)39)17-35(51-6,34(44)45-5)50-33(31)32(49-23(4)41)28(48-22(3)40)18-36-29(42)16-24-12-14-26(15-13-24)25-10-8-7-9-11-25/h7-15,27-28,31-33H,16-19H2,1-6H3,(H,36,42)(H,37,43)/t27-,28+,31+,32+,33+,35-/m0/s1. The first-order valence-electron chi connectivity index (χ1n) is 15.8. The van der Waals surface area contributed by atoms with E-state index < -0.39 is 90.2 Å². The van der Waals surface area contributed by atoms with Crippen molar-refractivity contribution in [3.63, 3.8) is 0 Å². The van der Waals surface area contributed by atoms with Gasteiger partial charge in [-0.3, -0.25) is 28.8 Å². The van der Waals surface area contributed by atoms with Gasteiger partial charge in [-0.1, -0.05) is 54.6 Å². The number of methoxy groups -OCH3 is 1. The summed E-state index contributed by atoms with van der Waals surface area (Å²) in [5.74, 6) is -5.45. The van der Waals surface area contributed by atoms with Crippen molar-refractivity contribution in [3.05, 3.63) is 60.2 Å². The van der Waals surface area contributed by atoms with Crippen molar-refractivity contribution in [1.29, 1.82) is 0 Å². The number of carbonyl (C=O) groups excluding carboxylic acids is 7. The number of carbonyl (C=O) groups is 7.